The molecule has 0 fully saturated rings. The molecular formula is C20H18BrN3O. The van der Waals surface area contributed by atoms with Crippen molar-refractivity contribution in [1.82, 2.24) is 10.3 Å². The molecule has 5 heteroatoms. The summed E-state index contributed by atoms with van der Waals surface area (Å²) in [5, 5.41) is 6.17. The van der Waals surface area contributed by atoms with Crippen molar-refractivity contribution in [3.63, 3.8) is 0 Å². The third-order valence-electron chi connectivity index (χ3n) is 3.69. The van der Waals surface area contributed by atoms with Crippen LogP contribution in [0.15, 0.2) is 71.5 Å². The van der Waals surface area contributed by atoms with Crippen LogP contribution >= 0.6 is 15.9 Å². The zero-order chi connectivity index (χ0) is 17.6. The van der Waals surface area contributed by atoms with E-state index in [1.165, 1.54) is 5.56 Å². The number of hydrogen-bond donors (Lipinski definition) is 2. The van der Waals surface area contributed by atoms with Gasteiger partial charge in [0.05, 0.1) is 17.4 Å². The molecule has 3 aromatic rings. The van der Waals surface area contributed by atoms with E-state index in [4.69, 9.17) is 0 Å². The Hall–Kier alpha value is -2.66. The molecule has 0 saturated carbocycles. The summed E-state index contributed by atoms with van der Waals surface area (Å²) in [7, 11) is 0. The summed E-state index contributed by atoms with van der Waals surface area (Å²) in [6.07, 6.45) is 3.26. The first-order valence-corrected chi connectivity index (χ1v) is 8.71. The van der Waals surface area contributed by atoms with E-state index in [0.717, 1.165) is 21.4 Å². The Labute approximate surface area is 155 Å². The molecule has 4 nitrogen and oxygen atoms in total. The Bertz CT molecular complexity index is 878. The lowest BCUT2D eigenvalue weighted by molar-refractivity contribution is 0.0950. The molecule has 0 aliphatic carbocycles. The highest BCUT2D eigenvalue weighted by molar-refractivity contribution is 9.10. The number of carbonyl (C=O) groups excluding carboxylic acids is 1. The van der Waals surface area contributed by atoms with Gasteiger partial charge >= 0.3 is 0 Å². The van der Waals surface area contributed by atoms with E-state index in [1.807, 2.05) is 55.5 Å². The van der Waals surface area contributed by atoms with Crippen molar-refractivity contribution >= 4 is 33.2 Å². The van der Waals surface area contributed by atoms with Crippen molar-refractivity contribution in [2.24, 2.45) is 0 Å². The number of pyridine rings is 1. The molecule has 3 rings (SSSR count). The second-order valence-electron chi connectivity index (χ2n) is 5.77. The van der Waals surface area contributed by atoms with E-state index in [0.29, 0.717) is 12.1 Å². The zero-order valence-corrected chi connectivity index (χ0v) is 15.4. The molecule has 0 aliphatic heterocycles. The van der Waals surface area contributed by atoms with Crippen LogP contribution in [0.3, 0.4) is 0 Å². The molecule has 0 unspecified atom stereocenters. The van der Waals surface area contributed by atoms with Gasteiger partial charge in [-0.15, -0.1) is 0 Å². The lowest BCUT2D eigenvalue weighted by atomic mass is 10.1. The van der Waals surface area contributed by atoms with E-state index in [1.54, 1.807) is 18.5 Å². The van der Waals surface area contributed by atoms with Crippen molar-refractivity contribution in [2.75, 3.05) is 5.32 Å². The lowest BCUT2D eigenvalue weighted by Crippen LogP contribution is -2.23. The van der Waals surface area contributed by atoms with Crippen LogP contribution in [-0.4, -0.2) is 10.9 Å². The third kappa shape index (κ3) is 4.90. The maximum Gasteiger partial charge on any atom is 0.253 e. The van der Waals surface area contributed by atoms with Gasteiger partial charge in [0.2, 0.25) is 0 Å². The van der Waals surface area contributed by atoms with E-state index < -0.39 is 0 Å². The molecule has 2 N–H and O–H groups in total. The van der Waals surface area contributed by atoms with Crippen LogP contribution < -0.4 is 10.6 Å². The largest absolute Gasteiger partial charge is 0.354 e. The Morgan fingerprint density at radius 3 is 2.60 bits per heavy atom. The lowest BCUT2D eigenvalue weighted by Gasteiger charge is -2.09. The van der Waals surface area contributed by atoms with Gasteiger partial charge in [-0.25, -0.2) is 0 Å². The first-order valence-electron chi connectivity index (χ1n) is 7.91. The second kappa shape index (κ2) is 7.94. The highest BCUT2D eigenvalue weighted by Crippen LogP contribution is 2.20. The van der Waals surface area contributed by atoms with Crippen LogP contribution in [0.2, 0.25) is 0 Å². The quantitative estimate of drug-likeness (QED) is 0.650. The molecular weight excluding hydrogens is 378 g/mol. The smallest absolute Gasteiger partial charge is 0.253 e. The van der Waals surface area contributed by atoms with Gasteiger partial charge in [-0.1, -0.05) is 51.8 Å². The molecule has 0 spiro atoms. The Kier molecular flexibility index (Phi) is 5.46. The van der Waals surface area contributed by atoms with Gasteiger partial charge in [-0.2, -0.15) is 0 Å². The first-order chi connectivity index (χ1) is 12.1. The minimum atomic E-state index is -0.147. The van der Waals surface area contributed by atoms with Crippen LogP contribution in [-0.2, 0) is 6.54 Å². The highest BCUT2D eigenvalue weighted by atomic mass is 79.9. The summed E-state index contributed by atoms with van der Waals surface area (Å²) in [6, 6.07) is 17.7. The second-order valence-corrected chi connectivity index (χ2v) is 6.68. The van der Waals surface area contributed by atoms with E-state index in [2.05, 4.69) is 31.5 Å². The minimum Gasteiger partial charge on any atom is -0.354 e. The molecule has 2 aromatic carbocycles. The number of nitrogens with one attached hydrogen (secondary N) is 2. The Morgan fingerprint density at radius 1 is 1.04 bits per heavy atom. The number of carbonyl (C=O) groups is 1. The normalized spacial score (nSPS) is 10.3. The molecule has 1 heterocycles. The fourth-order valence-electron chi connectivity index (χ4n) is 2.36. The standard InChI is InChI=1S/C20H18BrN3O/c1-14-5-7-15(8-6-14)11-23-20(25)16-9-19(13-22-12-16)24-18-4-2-3-17(21)10-18/h2-10,12-13,24H,11H2,1H3,(H,23,25). The maximum atomic E-state index is 12.4. The van der Waals surface area contributed by atoms with Crippen molar-refractivity contribution in [3.8, 4) is 0 Å². The molecule has 25 heavy (non-hydrogen) atoms. The van der Waals surface area contributed by atoms with Gasteiger partial charge in [0.15, 0.2) is 0 Å². The predicted octanol–water partition coefficient (Wildman–Crippen LogP) is 4.83. The topological polar surface area (TPSA) is 54.0 Å². The van der Waals surface area contributed by atoms with E-state index in [9.17, 15) is 4.79 Å². The number of rotatable bonds is 5. The summed E-state index contributed by atoms with van der Waals surface area (Å²) >= 11 is 3.44. The van der Waals surface area contributed by atoms with Gasteiger partial charge < -0.3 is 10.6 Å². The molecule has 0 saturated heterocycles. The van der Waals surface area contributed by atoms with E-state index >= 15 is 0 Å². The molecule has 0 aliphatic rings. The van der Waals surface area contributed by atoms with Gasteiger partial charge in [0, 0.05) is 22.9 Å². The first kappa shape index (κ1) is 17.2. The van der Waals surface area contributed by atoms with Crippen molar-refractivity contribution in [3.05, 3.63) is 88.2 Å². The molecule has 1 aromatic heterocycles. The number of anilines is 2. The number of nitrogens with zero attached hydrogens (tertiary/aromatic N) is 1. The predicted molar refractivity (Wildman–Crippen MR) is 104 cm³/mol. The van der Waals surface area contributed by atoms with Crippen molar-refractivity contribution < 1.29 is 4.79 Å². The van der Waals surface area contributed by atoms with Crippen LogP contribution in [0, 0.1) is 6.92 Å². The average molecular weight is 396 g/mol. The third-order valence-corrected chi connectivity index (χ3v) is 4.18. The van der Waals surface area contributed by atoms with Crippen molar-refractivity contribution in [1.29, 1.82) is 0 Å². The van der Waals surface area contributed by atoms with Crippen LogP contribution in [0.1, 0.15) is 21.5 Å². The number of halogens is 1. The Balaban J connectivity index is 1.65. The highest BCUT2D eigenvalue weighted by Gasteiger charge is 2.07. The Morgan fingerprint density at radius 2 is 1.84 bits per heavy atom. The van der Waals surface area contributed by atoms with Gasteiger partial charge in [-0.3, -0.25) is 9.78 Å². The zero-order valence-electron chi connectivity index (χ0n) is 13.8. The molecule has 1 amide bonds. The fraction of sp³-hybridized carbons (Fsp3) is 0.100. The summed E-state index contributed by atoms with van der Waals surface area (Å²) in [6.45, 7) is 2.53. The number of benzene rings is 2. The number of amides is 1. The molecule has 126 valence electrons. The summed E-state index contributed by atoms with van der Waals surface area (Å²) < 4.78 is 0.984. The van der Waals surface area contributed by atoms with Gasteiger partial charge in [-0.05, 0) is 36.8 Å². The number of aromatic nitrogens is 1. The van der Waals surface area contributed by atoms with Crippen LogP contribution in [0.4, 0.5) is 11.4 Å². The van der Waals surface area contributed by atoms with Crippen LogP contribution in [0.25, 0.3) is 0 Å². The molecule has 0 radical (unpaired) electrons. The fourth-order valence-corrected chi connectivity index (χ4v) is 2.75. The molecule has 0 atom stereocenters. The molecule has 0 bridgehead atoms. The van der Waals surface area contributed by atoms with Crippen molar-refractivity contribution in [2.45, 2.75) is 13.5 Å². The minimum absolute atomic E-state index is 0.147. The van der Waals surface area contributed by atoms with E-state index in [-0.39, 0.29) is 5.91 Å². The summed E-state index contributed by atoms with van der Waals surface area (Å²) in [5.74, 6) is -0.147. The summed E-state index contributed by atoms with van der Waals surface area (Å²) in [5.41, 5.74) is 4.47. The van der Waals surface area contributed by atoms with Gasteiger partial charge in [0.1, 0.15) is 0 Å². The maximum absolute atomic E-state index is 12.4. The summed E-state index contributed by atoms with van der Waals surface area (Å²) in [4.78, 5) is 16.5. The number of hydrogen-bond acceptors (Lipinski definition) is 3. The SMILES string of the molecule is Cc1ccc(CNC(=O)c2cncc(Nc3cccc(Br)c3)c2)cc1. The van der Waals surface area contributed by atoms with Crippen LogP contribution in [0.5, 0.6) is 0 Å². The average Bonchev–Trinajstić information content (AvgIpc) is 2.61. The number of aryl methyl sites for hydroxylation is 1. The van der Waals surface area contributed by atoms with Gasteiger partial charge in [0.25, 0.3) is 5.91 Å². The monoisotopic (exact) mass is 395 g/mol.